The number of amides is 1. The number of nitrogens with two attached hydrogens (primary N) is 1. The fourth-order valence-electron chi connectivity index (χ4n) is 3.22. The molecule has 0 spiro atoms. The minimum atomic E-state index is -4.10. The minimum absolute atomic E-state index is 0.0252. The highest BCUT2D eigenvalue weighted by molar-refractivity contribution is 7.89. The molecule has 32 heavy (non-hydrogen) atoms. The van der Waals surface area contributed by atoms with Gasteiger partial charge in [-0.3, -0.25) is 9.59 Å². The van der Waals surface area contributed by atoms with Gasteiger partial charge in [0.1, 0.15) is 12.1 Å². The Morgan fingerprint density at radius 2 is 1.62 bits per heavy atom. The lowest BCUT2D eigenvalue weighted by molar-refractivity contribution is -0.145. The average molecular weight is 456 g/mol. The second kappa shape index (κ2) is 10.4. The van der Waals surface area contributed by atoms with Crippen molar-refractivity contribution in [1.82, 2.24) is 10.0 Å². The molecule has 168 valence electrons. The lowest BCUT2D eigenvalue weighted by Gasteiger charge is -2.20. The van der Waals surface area contributed by atoms with Crippen molar-refractivity contribution < 1.29 is 22.7 Å². The monoisotopic (exact) mass is 455 g/mol. The van der Waals surface area contributed by atoms with Crippen molar-refractivity contribution in [3.63, 3.8) is 0 Å². The van der Waals surface area contributed by atoms with Crippen LogP contribution in [0.25, 0.3) is 10.8 Å². The smallest absolute Gasteiger partial charge is 0.326 e. The van der Waals surface area contributed by atoms with Gasteiger partial charge in [0.25, 0.3) is 0 Å². The summed E-state index contributed by atoms with van der Waals surface area (Å²) in [5.74, 6) is -1.35. The van der Waals surface area contributed by atoms with Crippen molar-refractivity contribution in [2.24, 2.45) is 5.73 Å². The molecule has 4 N–H and O–H groups in total. The molecule has 3 rings (SSSR count). The summed E-state index contributed by atoms with van der Waals surface area (Å²) in [6.07, 6.45) is 0. The predicted octanol–water partition coefficient (Wildman–Crippen LogP) is 1.87. The molecule has 0 heterocycles. The van der Waals surface area contributed by atoms with Gasteiger partial charge >= 0.3 is 5.97 Å². The number of carbonyl (C=O) groups is 2. The largest absolute Gasteiger partial charge is 0.465 e. The Bertz CT molecular complexity index is 1190. The van der Waals surface area contributed by atoms with Gasteiger partial charge in [0.2, 0.25) is 15.9 Å². The first kappa shape index (κ1) is 23.4. The number of nitrogens with one attached hydrogen (secondary N) is 2. The van der Waals surface area contributed by atoms with Gasteiger partial charge in [-0.2, -0.15) is 4.72 Å². The summed E-state index contributed by atoms with van der Waals surface area (Å²) < 4.78 is 33.6. The summed E-state index contributed by atoms with van der Waals surface area (Å²) in [5, 5.41) is 3.79. The molecule has 8 nitrogen and oxygen atoms in total. The first-order valence-electron chi connectivity index (χ1n) is 10.1. The topological polar surface area (TPSA) is 128 Å². The SMILES string of the molecule is CCOC(=O)C(CNC(=O)C(N)c1ccccc1)NS(=O)(=O)c1cccc2ccccc12. The molecule has 0 aromatic heterocycles. The minimum Gasteiger partial charge on any atom is -0.465 e. The highest BCUT2D eigenvalue weighted by Crippen LogP contribution is 2.23. The van der Waals surface area contributed by atoms with Crippen LogP contribution in [0.5, 0.6) is 0 Å². The Morgan fingerprint density at radius 1 is 0.969 bits per heavy atom. The highest BCUT2D eigenvalue weighted by atomic mass is 32.2. The second-order valence-corrected chi connectivity index (χ2v) is 8.72. The molecular formula is C23H25N3O5S. The molecule has 0 aliphatic rings. The van der Waals surface area contributed by atoms with Crippen LogP contribution >= 0.6 is 0 Å². The van der Waals surface area contributed by atoms with E-state index in [1.807, 2.05) is 0 Å². The third-order valence-corrected chi connectivity index (χ3v) is 6.36. The van der Waals surface area contributed by atoms with Crippen LogP contribution in [0, 0.1) is 0 Å². The number of ether oxygens (including phenoxy) is 1. The third-order valence-electron chi connectivity index (χ3n) is 4.83. The van der Waals surface area contributed by atoms with Crippen LogP contribution in [0.1, 0.15) is 18.5 Å². The van der Waals surface area contributed by atoms with Gasteiger partial charge in [-0.1, -0.05) is 66.7 Å². The van der Waals surface area contributed by atoms with Gasteiger partial charge in [-0.05, 0) is 23.9 Å². The van der Waals surface area contributed by atoms with Gasteiger partial charge in [0, 0.05) is 11.9 Å². The predicted molar refractivity (Wildman–Crippen MR) is 121 cm³/mol. The molecule has 0 aliphatic carbocycles. The van der Waals surface area contributed by atoms with Crippen LogP contribution < -0.4 is 15.8 Å². The summed E-state index contributed by atoms with van der Waals surface area (Å²) in [6.45, 7) is 1.35. The van der Waals surface area contributed by atoms with E-state index in [1.165, 1.54) is 6.07 Å². The molecule has 3 aromatic carbocycles. The maximum atomic E-state index is 13.1. The number of fused-ring (bicyclic) bond motifs is 1. The lowest BCUT2D eigenvalue weighted by Crippen LogP contribution is -2.50. The summed E-state index contributed by atoms with van der Waals surface area (Å²) in [6, 6.07) is 18.3. The Morgan fingerprint density at radius 3 is 2.34 bits per heavy atom. The molecule has 0 aliphatic heterocycles. The zero-order valence-electron chi connectivity index (χ0n) is 17.5. The number of benzene rings is 3. The maximum Gasteiger partial charge on any atom is 0.326 e. The van der Waals surface area contributed by atoms with Gasteiger partial charge in [-0.15, -0.1) is 0 Å². The summed E-state index contributed by atoms with van der Waals surface area (Å²) in [5.41, 5.74) is 6.56. The number of hydrogen-bond acceptors (Lipinski definition) is 6. The van der Waals surface area contributed by atoms with Crippen LogP contribution in [-0.4, -0.2) is 39.5 Å². The molecule has 0 fully saturated rings. The lowest BCUT2D eigenvalue weighted by atomic mass is 10.1. The first-order chi connectivity index (χ1) is 15.3. The van der Waals surface area contributed by atoms with Crippen molar-refractivity contribution in [2.45, 2.75) is 23.9 Å². The van der Waals surface area contributed by atoms with E-state index in [-0.39, 0.29) is 18.0 Å². The molecule has 0 radical (unpaired) electrons. The Labute approximate surface area is 186 Å². The van der Waals surface area contributed by atoms with Crippen molar-refractivity contribution >= 4 is 32.7 Å². The summed E-state index contributed by atoms with van der Waals surface area (Å²) in [4.78, 5) is 24.9. The van der Waals surface area contributed by atoms with Crippen molar-refractivity contribution in [1.29, 1.82) is 0 Å². The van der Waals surface area contributed by atoms with E-state index in [1.54, 1.807) is 73.7 Å². The molecule has 0 bridgehead atoms. The molecule has 2 unspecified atom stereocenters. The van der Waals surface area contributed by atoms with E-state index in [4.69, 9.17) is 10.5 Å². The number of rotatable bonds is 9. The zero-order valence-corrected chi connectivity index (χ0v) is 18.3. The first-order valence-corrected chi connectivity index (χ1v) is 11.6. The quantitative estimate of drug-likeness (QED) is 0.423. The Hall–Kier alpha value is -3.27. The van der Waals surface area contributed by atoms with Crippen LogP contribution in [-0.2, 0) is 24.3 Å². The van der Waals surface area contributed by atoms with Gasteiger partial charge in [0.15, 0.2) is 0 Å². The fourth-order valence-corrected chi connectivity index (χ4v) is 4.64. The Kier molecular flexibility index (Phi) is 7.57. The number of carbonyl (C=O) groups excluding carboxylic acids is 2. The fraction of sp³-hybridized carbons (Fsp3) is 0.217. The van der Waals surface area contributed by atoms with Crippen LogP contribution in [0.15, 0.2) is 77.7 Å². The molecule has 3 aromatic rings. The maximum absolute atomic E-state index is 13.1. The standard InChI is InChI=1S/C23H25N3O5S/c1-2-31-23(28)19(15-25-22(27)21(24)17-10-4-3-5-11-17)26-32(29,30)20-14-8-12-16-9-6-7-13-18(16)20/h3-14,19,21,26H,2,15,24H2,1H3,(H,25,27). The van der Waals surface area contributed by atoms with E-state index < -0.39 is 34.0 Å². The van der Waals surface area contributed by atoms with E-state index in [2.05, 4.69) is 10.0 Å². The average Bonchev–Trinajstić information content (AvgIpc) is 2.81. The highest BCUT2D eigenvalue weighted by Gasteiger charge is 2.29. The van der Waals surface area contributed by atoms with E-state index >= 15 is 0 Å². The Balaban J connectivity index is 1.79. The van der Waals surface area contributed by atoms with Crippen LogP contribution in [0.2, 0.25) is 0 Å². The molecule has 0 saturated heterocycles. The van der Waals surface area contributed by atoms with Crippen molar-refractivity contribution in [3.05, 3.63) is 78.4 Å². The summed E-state index contributed by atoms with van der Waals surface area (Å²) >= 11 is 0. The van der Waals surface area contributed by atoms with Crippen molar-refractivity contribution in [3.8, 4) is 0 Å². The van der Waals surface area contributed by atoms with E-state index in [9.17, 15) is 18.0 Å². The van der Waals surface area contributed by atoms with Gasteiger partial charge in [-0.25, -0.2) is 8.42 Å². The third kappa shape index (κ3) is 5.50. The number of sulfonamides is 1. The van der Waals surface area contributed by atoms with Gasteiger partial charge in [0.05, 0.1) is 11.5 Å². The molecule has 9 heteroatoms. The van der Waals surface area contributed by atoms with Gasteiger partial charge < -0.3 is 15.8 Å². The number of esters is 1. The summed E-state index contributed by atoms with van der Waals surface area (Å²) in [7, 11) is -4.10. The second-order valence-electron chi connectivity index (χ2n) is 7.04. The normalized spacial score (nSPS) is 13.3. The van der Waals surface area contributed by atoms with E-state index in [0.717, 1.165) is 5.39 Å². The van der Waals surface area contributed by atoms with E-state index in [0.29, 0.717) is 10.9 Å². The zero-order chi connectivity index (χ0) is 23.1. The molecule has 0 saturated carbocycles. The molecular weight excluding hydrogens is 430 g/mol. The molecule has 2 atom stereocenters. The van der Waals surface area contributed by atoms with Crippen LogP contribution in [0.3, 0.4) is 0 Å². The van der Waals surface area contributed by atoms with Crippen LogP contribution in [0.4, 0.5) is 0 Å². The number of hydrogen-bond donors (Lipinski definition) is 3. The van der Waals surface area contributed by atoms with Crippen molar-refractivity contribution in [2.75, 3.05) is 13.2 Å². The molecule has 1 amide bonds.